The molecule has 1 amide bonds. The fourth-order valence-corrected chi connectivity index (χ4v) is 3.60. The summed E-state index contributed by atoms with van der Waals surface area (Å²) in [6.45, 7) is 2.93. The highest BCUT2D eigenvalue weighted by Gasteiger charge is 2.31. The fraction of sp³-hybridized carbons (Fsp3) is 0.571. The van der Waals surface area contributed by atoms with Gasteiger partial charge in [0, 0.05) is 18.5 Å². The van der Waals surface area contributed by atoms with Gasteiger partial charge in [0.15, 0.2) is 0 Å². The van der Waals surface area contributed by atoms with Gasteiger partial charge in [0.1, 0.15) is 11.9 Å². The Bertz CT molecular complexity index is 729. The maximum Gasteiger partial charge on any atom is 0.249 e. The van der Waals surface area contributed by atoms with Crippen molar-refractivity contribution in [2.24, 2.45) is 0 Å². The number of benzene rings is 1. The van der Waals surface area contributed by atoms with Gasteiger partial charge in [-0.2, -0.15) is 4.98 Å². The van der Waals surface area contributed by atoms with Gasteiger partial charge in [0.2, 0.25) is 17.6 Å². The molecule has 0 saturated carbocycles. The molecule has 0 spiro atoms. The van der Waals surface area contributed by atoms with Gasteiger partial charge in [-0.1, -0.05) is 37.8 Å². The molecule has 146 valence electrons. The molecular formula is C21H28FN3O2. The third-order valence-electron chi connectivity index (χ3n) is 5.15. The molecule has 1 fully saturated rings. The van der Waals surface area contributed by atoms with E-state index in [9.17, 15) is 9.18 Å². The van der Waals surface area contributed by atoms with E-state index < -0.39 is 0 Å². The summed E-state index contributed by atoms with van der Waals surface area (Å²) in [5, 5.41) is 4.03. The van der Waals surface area contributed by atoms with Crippen LogP contribution in [-0.2, 0) is 4.79 Å². The van der Waals surface area contributed by atoms with Crippen LogP contribution >= 0.6 is 0 Å². The van der Waals surface area contributed by atoms with Gasteiger partial charge in [0.25, 0.3) is 0 Å². The minimum Gasteiger partial charge on any atom is -0.337 e. The van der Waals surface area contributed by atoms with E-state index in [1.54, 1.807) is 12.1 Å². The lowest BCUT2D eigenvalue weighted by atomic mass is 10.0. The van der Waals surface area contributed by atoms with E-state index in [1.165, 1.54) is 31.4 Å². The number of hydrogen-bond donors (Lipinski definition) is 0. The first kappa shape index (κ1) is 19.5. The minimum absolute atomic E-state index is 0.149. The summed E-state index contributed by atoms with van der Waals surface area (Å²) in [6, 6.07) is 5.86. The molecule has 1 aliphatic rings. The first-order chi connectivity index (χ1) is 13.2. The maximum atomic E-state index is 13.1. The molecule has 2 aromatic rings. The van der Waals surface area contributed by atoms with Gasteiger partial charge >= 0.3 is 0 Å². The molecule has 0 radical (unpaired) electrons. The number of halogens is 1. The monoisotopic (exact) mass is 373 g/mol. The van der Waals surface area contributed by atoms with Crippen LogP contribution in [0.1, 0.15) is 76.6 Å². The van der Waals surface area contributed by atoms with E-state index >= 15 is 0 Å². The van der Waals surface area contributed by atoms with Crippen molar-refractivity contribution in [2.45, 2.75) is 70.8 Å². The maximum absolute atomic E-state index is 13.1. The summed E-state index contributed by atoms with van der Waals surface area (Å²) in [5.74, 6) is 0.791. The van der Waals surface area contributed by atoms with Gasteiger partial charge in [-0.25, -0.2) is 4.39 Å². The van der Waals surface area contributed by atoms with Crippen LogP contribution in [0, 0.1) is 5.82 Å². The molecule has 0 N–H and O–H groups in total. The van der Waals surface area contributed by atoms with E-state index in [-0.39, 0.29) is 17.8 Å². The lowest BCUT2D eigenvalue weighted by molar-refractivity contribution is -0.135. The number of unbranched alkanes of at least 4 members (excludes halogenated alkanes) is 4. The largest absolute Gasteiger partial charge is 0.337 e. The molecule has 0 aliphatic carbocycles. The second-order valence-corrected chi connectivity index (χ2v) is 7.23. The van der Waals surface area contributed by atoms with Crippen molar-refractivity contribution >= 4 is 5.91 Å². The van der Waals surface area contributed by atoms with Gasteiger partial charge < -0.3 is 9.42 Å². The highest BCUT2D eigenvalue weighted by Crippen LogP contribution is 2.32. The van der Waals surface area contributed by atoms with Gasteiger partial charge in [-0.15, -0.1) is 0 Å². The second kappa shape index (κ2) is 9.62. The van der Waals surface area contributed by atoms with E-state index in [1.807, 2.05) is 4.90 Å². The number of likely N-dealkylation sites (tertiary alicyclic amines) is 1. The van der Waals surface area contributed by atoms with E-state index in [0.29, 0.717) is 23.7 Å². The second-order valence-electron chi connectivity index (χ2n) is 7.23. The van der Waals surface area contributed by atoms with Crippen LogP contribution in [0.25, 0.3) is 11.4 Å². The molecule has 5 nitrogen and oxygen atoms in total. The number of carbonyl (C=O) groups excluding carboxylic acids is 1. The Kier molecular flexibility index (Phi) is 6.96. The predicted molar refractivity (Wildman–Crippen MR) is 101 cm³/mol. The summed E-state index contributed by atoms with van der Waals surface area (Å²) in [5.41, 5.74) is 0.705. The zero-order valence-corrected chi connectivity index (χ0v) is 16.0. The quantitative estimate of drug-likeness (QED) is 0.590. The van der Waals surface area contributed by atoms with Gasteiger partial charge in [-0.3, -0.25) is 4.79 Å². The third kappa shape index (κ3) is 5.15. The Morgan fingerprint density at radius 3 is 2.74 bits per heavy atom. The van der Waals surface area contributed by atoms with Crippen molar-refractivity contribution in [3.8, 4) is 11.4 Å². The van der Waals surface area contributed by atoms with Crippen molar-refractivity contribution in [1.82, 2.24) is 15.0 Å². The number of aromatic nitrogens is 2. The lowest BCUT2D eigenvalue weighted by Gasteiger charge is -2.33. The van der Waals surface area contributed by atoms with Gasteiger partial charge in [0.05, 0.1) is 0 Å². The zero-order valence-electron chi connectivity index (χ0n) is 16.0. The van der Waals surface area contributed by atoms with E-state index in [4.69, 9.17) is 4.52 Å². The number of hydrogen-bond acceptors (Lipinski definition) is 4. The van der Waals surface area contributed by atoms with Gasteiger partial charge in [-0.05, 0) is 49.9 Å². The number of piperidine rings is 1. The smallest absolute Gasteiger partial charge is 0.249 e. The number of rotatable bonds is 8. The molecule has 1 atom stereocenters. The van der Waals surface area contributed by atoms with Crippen LogP contribution < -0.4 is 0 Å². The molecule has 0 bridgehead atoms. The summed E-state index contributed by atoms with van der Waals surface area (Å²) >= 11 is 0. The number of nitrogens with zero attached hydrogens (tertiary/aromatic N) is 3. The van der Waals surface area contributed by atoms with Crippen LogP contribution in [0.4, 0.5) is 4.39 Å². The normalized spacial score (nSPS) is 17.3. The first-order valence-electron chi connectivity index (χ1n) is 10.1. The fourth-order valence-electron chi connectivity index (χ4n) is 3.60. The molecule has 1 aromatic heterocycles. The molecule has 1 unspecified atom stereocenters. The van der Waals surface area contributed by atoms with Crippen molar-refractivity contribution in [2.75, 3.05) is 6.54 Å². The Balaban J connectivity index is 1.64. The molecular weight excluding hydrogens is 345 g/mol. The minimum atomic E-state index is -0.301. The molecule has 3 rings (SSSR count). The molecule has 27 heavy (non-hydrogen) atoms. The summed E-state index contributed by atoms with van der Waals surface area (Å²) < 4.78 is 18.6. The van der Waals surface area contributed by atoms with Crippen LogP contribution in [-0.4, -0.2) is 27.5 Å². The van der Waals surface area contributed by atoms with Crippen LogP contribution in [0.3, 0.4) is 0 Å². The Morgan fingerprint density at radius 1 is 1.19 bits per heavy atom. The Labute approximate surface area is 159 Å². The van der Waals surface area contributed by atoms with Crippen LogP contribution in [0.15, 0.2) is 28.8 Å². The van der Waals surface area contributed by atoms with E-state index in [2.05, 4.69) is 17.1 Å². The van der Waals surface area contributed by atoms with Crippen LogP contribution in [0.5, 0.6) is 0 Å². The SMILES string of the molecule is CCCCCCCC(=O)N1CCCCC1c1nc(-c2ccc(F)cc2)no1. The zero-order chi connectivity index (χ0) is 19.1. The Hall–Kier alpha value is -2.24. The predicted octanol–water partition coefficient (Wildman–Crippen LogP) is 5.29. The number of amides is 1. The summed E-state index contributed by atoms with van der Waals surface area (Å²) in [4.78, 5) is 19.1. The van der Waals surface area contributed by atoms with Crippen molar-refractivity contribution in [1.29, 1.82) is 0 Å². The molecule has 2 heterocycles. The first-order valence-corrected chi connectivity index (χ1v) is 10.1. The third-order valence-corrected chi connectivity index (χ3v) is 5.15. The summed E-state index contributed by atoms with van der Waals surface area (Å²) in [7, 11) is 0. The Morgan fingerprint density at radius 2 is 1.96 bits per heavy atom. The highest BCUT2D eigenvalue weighted by atomic mass is 19.1. The average molecular weight is 373 g/mol. The molecule has 1 aliphatic heterocycles. The lowest BCUT2D eigenvalue weighted by Crippen LogP contribution is -2.38. The molecule has 6 heteroatoms. The highest BCUT2D eigenvalue weighted by molar-refractivity contribution is 5.76. The van der Waals surface area contributed by atoms with Crippen molar-refractivity contribution < 1.29 is 13.7 Å². The average Bonchev–Trinajstić information content (AvgIpc) is 3.18. The topological polar surface area (TPSA) is 59.2 Å². The van der Waals surface area contributed by atoms with Crippen molar-refractivity contribution in [3.63, 3.8) is 0 Å². The number of carbonyl (C=O) groups is 1. The van der Waals surface area contributed by atoms with Crippen molar-refractivity contribution in [3.05, 3.63) is 36.0 Å². The standard InChI is InChI=1S/C21H28FN3O2/c1-2-3-4-5-6-10-19(26)25-15-8-7-9-18(25)21-23-20(24-27-21)16-11-13-17(22)14-12-16/h11-14,18H,2-10,15H2,1H3. The molecule has 1 aromatic carbocycles. The molecule has 1 saturated heterocycles. The van der Waals surface area contributed by atoms with Crippen LogP contribution in [0.2, 0.25) is 0 Å². The van der Waals surface area contributed by atoms with E-state index in [0.717, 1.165) is 38.6 Å². The summed E-state index contributed by atoms with van der Waals surface area (Å²) in [6.07, 6.45) is 9.14.